The van der Waals surface area contributed by atoms with Crippen LogP contribution in [0.2, 0.25) is 0 Å². The zero-order chi connectivity index (χ0) is 8.55. The largest absolute Gasteiger partial charge is 0.347 e. The predicted octanol–water partition coefficient (Wildman–Crippen LogP) is 0.312. The molecule has 1 aliphatic rings. The van der Waals surface area contributed by atoms with Crippen molar-refractivity contribution in [1.82, 2.24) is 14.9 Å². The fourth-order valence-corrected chi connectivity index (χ4v) is 1.06. The first-order valence-electron chi connectivity index (χ1n) is 4.05. The van der Waals surface area contributed by atoms with E-state index in [-0.39, 0.29) is 5.91 Å². The highest BCUT2D eigenvalue weighted by molar-refractivity contribution is 5.91. The molecule has 0 atom stereocenters. The second kappa shape index (κ2) is 2.62. The third-order valence-electron chi connectivity index (χ3n) is 1.94. The Bertz CT molecular complexity index is 301. The first kappa shape index (κ1) is 7.34. The summed E-state index contributed by atoms with van der Waals surface area (Å²) in [5.74, 6) is 0.423. The highest BCUT2D eigenvalue weighted by Crippen LogP contribution is 2.18. The van der Waals surface area contributed by atoms with Gasteiger partial charge in [-0.25, -0.2) is 4.98 Å². The number of aryl methyl sites for hydroxylation is 1. The molecule has 1 fully saturated rings. The van der Waals surface area contributed by atoms with E-state index in [9.17, 15) is 4.79 Å². The molecular formula is C8H11N3O. The van der Waals surface area contributed by atoms with Gasteiger partial charge in [-0.15, -0.1) is 0 Å². The normalized spacial score (nSPS) is 16.1. The molecule has 1 saturated carbocycles. The van der Waals surface area contributed by atoms with Crippen molar-refractivity contribution in [2.45, 2.75) is 18.9 Å². The molecule has 2 rings (SSSR count). The maximum absolute atomic E-state index is 11.4. The van der Waals surface area contributed by atoms with Crippen molar-refractivity contribution in [3.05, 3.63) is 18.2 Å². The van der Waals surface area contributed by atoms with Crippen molar-refractivity contribution in [2.24, 2.45) is 7.05 Å². The molecule has 4 heteroatoms. The Kier molecular flexibility index (Phi) is 1.60. The smallest absolute Gasteiger partial charge is 0.287 e. The number of hydrogen-bond acceptors (Lipinski definition) is 2. The number of rotatable bonds is 2. The monoisotopic (exact) mass is 165 g/mol. The molecule has 1 N–H and O–H groups in total. The van der Waals surface area contributed by atoms with Crippen molar-refractivity contribution in [2.75, 3.05) is 0 Å². The van der Waals surface area contributed by atoms with Gasteiger partial charge in [0.2, 0.25) is 0 Å². The van der Waals surface area contributed by atoms with Crippen LogP contribution in [0.4, 0.5) is 0 Å². The molecule has 0 spiro atoms. The highest BCUT2D eigenvalue weighted by Gasteiger charge is 2.24. The fraction of sp³-hybridized carbons (Fsp3) is 0.500. The lowest BCUT2D eigenvalue weighted by molar-refractivity contribution is 0.0937. The zero-order valence-electron chi connectivity index (χ0n) is 6.95. The van der Waals surface area contributed by atoms with E-state index >= 15 is 0 Å². The van der Waals surface area contributed by atoms with E-state index in [2.05, 4.69) is 10.3 Å². The Hall–Kier alpha value is -1.32. The van der Waals surface area contributed by atoms with Gasteiger partial charge in [0.1, 0.15) is 0 Å². The number of carbonyl (C=O) groups is 1. The van der Waals surface area contributed by atoms with Crippen molar-refractivity contribution >= 4 is 5.91 Å². The van der Waals surface area contributed by atoms with Crippen LogP contribution in [0.25, 0.3) is 0 Å². The first-order chi connectivity index (χ1) is 5.77. The minimum atomic E-state index is -0.0648. The summed E-state index contributed by atoms with van der Waals surface area (Å²) in [6.07, 6.45) is 5.61. The quantitative estimate of drug-likeness (QED) is 0.685. The number of nitrogens with zero attached hydrogens (tertiary/aromatic N) is 2. The molecule has 12 heavy (non-hydrogen) atoms. The van der Waals surface area contributed by atoms with Crippen molar-refractivity contribution in [1.29, 1.82) is 0 Å². The third-order valence-corrected chi connectivity index (χ3v) is 1.94. The minimum absolute atomic E-state index is 0.0648. The molecule has 1 aromatic heterocycles. The Morgan fingerprint density at radius 1 is 1.75 bits per heavy atom. The summed E-state index contributed by atoms with van der Waals surface area (Å²) < 4.78 is 1.72. The number of nitrogens with one attached hydrogen (secondary N) is 1. The summed E-state index contributed by atoms with van der Waals surface area (Å²) in [5, 5.41) is 2.87. The van der Waals surface area contributed by atoms with Gasteiger partial charge in [0.25, 0.3) is 5.91 Å². The van der Waals surface area contributed by atoms with Crippen LogP contribution >= 0.6 is 0 Å². The summed E-state index contributed by atoms with van der Waals surface area (Å²) in [5.41, 5.74) is 0. The highest BCUT2D eigenvalue weighted by atomic mass is 16.2. The molecule has 64 valence electrons. The van der Waals surface area contributed by atoms with E-state index < -0.39 is 0 Å². The summed E-state index contributed by atoms with van der Waals surface area (Å²) in [4.78, 5) is 15.3. The average molecular weight is 165 g/mol. The number of imidazole rings is 1. The predicted molar refractivity (Wildman–Crippen MR) is 43.7 cm³/mol. The number of carbonyl (C=O) groups excluding carboxylic acids is 1. The maximum atomic E-state index is 11.4. The molecule has 1 aliphatic carbocycles. The van der Waals surface area contributed by atoms with E-state index in [4.69, 9.17) is 0 Å². The van der Waals surface area contributed by atoms with Crippen LogP contribution < -0.4 is 5.32 Å². The average Bonchev–Trinajstić information content (AvgIpc) is 2.72. The Morgan fingerprint density at radius 3 is 3.00 bits per heavy atom. The van der Waals surface area contributed by atoms with Crippen LogP contribution in [0, 0.1) is 0 Å². The van der Waals surface area contributed by atoms with Crippen LogP contribution in [-0.2, 0) is 7.05 Å². The lowest BCUT2D eigenvalue weighted by Gasteiger charge is -2.01. The summed E-state index contributed by atoms with van der Waals surface area (Å²) in [7, 11) is 1.81. The van der Waals surface area contributed by atoms with Crippen LogP contribution in [0.15, 0.2) is 12.4 Å². The van der Waals surface area contributed by atoms with E-state index in [0.29, 0.717) is 11.9 Å². The zero-order valence-corrected chi connectivity index (χ0v) is 6.95. The van der Waals surface area contributed by atoms with Crippen molar-refractivity contribution < 1.29 is 4.79 Å². The third kappa shape index (κ3) is 1.32. The molecule has 4 nitrogen and oxygen atoms in total. The van der Waals surface area contributed by atoms with Gasteiger partial charge in [-0.3, -0.25) is 4.79 Å². The molecule has 0 aromatic carbocycles. The van der Waals surface area contributed by atoms with E-state index in [0.717, 1.165) is 12.8 Å². The molecule has 1 amide bonds. The molecule has 1 aromatic rings. The Morgan fingerprint density at radius 2 is 2.50 bits per heavy atom. The second-order valence-corrected chi connectivity index (χ2v) is 3.11. The number of hydrogen-bond donors (Lipinski definition) is 1. The lowest BCUT2D eigenvalue weighted by Crippen LogP contribution is -2.27. The molecule has 0 aliphatic heterocycles. The van der Waals surface area contributed by atoms with Gasteiger partial charge in [-0.2, -0.15) is 0 Å². The van der Waals surface area contributed by atoms with E-state index in [1.807, 2.05) is 7.05 Å². The molecule has 0 radical (unpaired) electrons. The van der Waals surface area contributed by atoms with Crippen molar-refractivity contribution in [3.8, 4) is 0 Å². The van der Waals surface area contributed by atoms with Gasteiger partial charge in [0.05, 0.1) is 0 Å². The molecule has 0 saturated heterocycles. The van der Waals surface area contributed by atoms with Gasteiger partial charge in [-0.1, -0.05) is 0 Å². The number of amides is 1. The standard InChI is InChI=1S/C8H11N3O/c1-11-5-4-9-7(11)8(12)10-6-2-3-6/h4-6H,2-3H2,1H3,(H,10,12). The fourth-order valence-electron chi connectivity index (χ4n) is 1.06. The van der Waals surface area contributed by atoms with E-state index in [1.165, 1.54) is 0 Å². The van der Waals surface area contributed by atoms with Crippen LogP contribution in [0.1, 0.15) is 23.5 Å². The number of aromatic nitrogens is 2. The lowest BCUT2D eigenvalue weighted by atomic mass is 10.5. The SMILES string of the molecule is Cn1ccnc1C(=O)NC1CC1. The first-order valence-corrected chi connectivity index (χ1v) is 4.05. The molecular weight excluding hydrogens is 154 g/mol. The van der Waals surface area contributed by atoms with Gasteiger partial charge >= 0.3 is 0 Å². The van der Waals surface area contributed by atoms with Crippen LogP contribution in [0.5, 0.6) is 0 Å². The van der Waals surface area contributed by atoms with Gasteiger partial charge in [0.15, 0.2) is 5.82 Å². The summed E-state index contributed by atoms with van der Waals surface area (Å²) >= 11 is 0. The van der Waals surface area contributed by atoms with Gasteiger partial charge < -0.3 is 9.88 Å². The van der Waals surface area contributed by atoms with Gasteiger partial charge in [-0.05, 0) is 12.8 Å². The molecule has 1 heterocycles. The van der Waals surface area contributed by atoms with E-state index in [1.54, 1.807) is 17.0 Å². The van der Waals surface area contributed by atoms with Crippen LogP contribution in [-0.4, -0.2) is 21.5 Å². The van der Waals surface area contributed by atoms with Gasteiger partial charge in [0, 0.05) is 25.5 Å². The topological polar surface area (TPSA) is 46.9 Å². The Labute approximate surface area is 70.6 Å². The van der Waals surface area contributed by atoms with Crippen LogP contribution in [0.3, 0.4) is 0 Å². The minimum Gasteiger partial charge on any atom is -0.347 e. The molecule has 0 unspecified atom stereocenters. The second-order valence-electron chi connectivity index (χ2n) is 3.11. The van der Waals surface area contributed by atoms with Crippen molar-refractivity contribution in [3.63, 3.8) is 0 Å². The Balaban J connectivity index is 2.07. The summed E-state index contributed by atoms with van der Waals surface area (Å²) in [6.45, 7) is 0. The summed E-state index contributed by atoms with van der Waals surface area (Å²) in [6, 6.07) is 0.397. The molecule has 0 bridgehead atoms. The maximum Gasteiger partial charge on any atom is 0.287 e.